The molecule has 92 valence electrons. The molecule has 0 saturated heterocycles. The molecule has 0 aliphatic heterocycles. The molecule has 1 unspecified atom stereocenters. The highest BCUT2D eigenvalue weighted by Gasteiger charge is 2.21. The second-order valence-electron chi connectivity index (χ2n) is 3.43. The first-order valence-electron chi connectivity index (χ1n) is 5.07. The van der Waals surface area contributed by atoms with Crippen molar-refractivity contribution in [1.82, 2.24) is 5.32 Å². The van der Waals surface area contributed by atoms with Crippen LogP contribution in [0, 0.1) is 0 Å². The van der Waals surface area contributed by atoms with E-state index < -0.39 is 12.0 Å². The molecule has 1 rings (SSSR count). The van der Waals surface area contributed by atoms with Gasteiger partial charge in [-0.3, -0.25) is 4.79 Å². The van der Waals surface area contributed by atoms with Crippen LogP contribution in [0.15, 0.2) is 29.2 Å². The molecular formula is C12H15NO3S. The smallest absolute Gasteiger partial charge is 0.333 e. The van der Waals surface area contributed by atoms with Gasteiger partial charge in [-0.25, -0.2) is 4.79 Å². The summed E-state index contributed by atoms with van der Waals surface area (Å²) in [6, 6.07) is 6.68. The van der Waals surface area contributed by atoms with E-state index in [1.165, 1.54) is 14.0 Å². The third kappa shape index (κ3) is 3.78. The van der Waals surface area contributed by atoms with E-state index in [1.54, 1.807) is 11.8 Å². The average molecular weight is 253 g/mol. The molecular weight excluding hydrogens is 238 g/mol. The Balaban J connectivity index is 2.95. The summed E-state index contributed by atoms with van der Waals surface area (Å²) in [5, 5.41) is 2.56. The molecule has 5 heteroatoms. The number of methoxy groups -OCH3 is 1. The normalized spacial score (nSPS) is 11.7. The largest absolute Gasteiger partial charge is 0.467 e. The highest BCUT2D eigenvalue weighted by atomic mass is 32.2. The summed E-state index contributed by atoms with van der Waals surface area (Å²) in [7, 11) is 1.30. The Labute approximate surface area is 105 Å². The van der Waals surface area contributed by atoms with E-state index >= 15 is 0 Å². The lowest BCUT2D eigenvalue weighted by Crippen LogP contribution is -2.32. The molecule has 1 aromatic carbocycles. The van der Waals surface area contributed by atoms with Crippen LogP contribution in [0.3, 0.4) is 0 Å². The Morgan fingerprint density at radius 3 is 2.29 bits per heavy atom. The summed E-state index contributed by atoms with van der Waals surface area (Å²) in [5.41, 5.74) is 0.713. The second kappa shape index (κ2) is 6.30. The maximum absolute atomic E-state index is 11.6. The zero-order valence-corrected chi connectivity index (χ0v) is 10.8. The zero-order valence-electron chi connectivity index (χ0n) is 10.0. The Morgan fingerprint density at radius 1 is 1.29 bits per heavy atom. The lowest BCUT2D eigenvalue weighted by Gasteiger charge is -2.15. The molecule has 17 heavy (non-hydrogen) atoms. The number of carbonyl (C=O) groups excluding carboxylic acids is 2. The van der Waals surface area contributed by atoms with Gasteiger partial charge in [0.1, 0.15) is 0 Å². The molecule has 0 fully saturated rings. The van der Waals surface area contributed by atoms with E-state index in [-0.39, 0.29) is 5.91 Å². The van der Waals surface area contributed by atoms with E-state index in [4.69, 9.17) is 0 Å². The molecule has 4 nitrogen and oxygen atoms in total. The SMILES string of the molecule is COC(=O)C(NC(C)=O)c1ccc(SC)cc1. The Kier molecular flexibility index (Phi) is 5.03. The quantitative estimate of drug-likeness (QED) is 0.656. The number of nitrogens with one attached hydrogen (secondary N) is 1. The molecule has 0 aliphatic carbocycles. The molecule has 1 atom stereocenters. The Hall–Kier alpha value is -1.49. The monoisotopic (exact) mass is 253 g/mol. The van der Waals surface area contributed by atoms with Gasteiger partial charge in [-0.2, -0.15) is 0 Å². The molecule has 0 bridgehead atoms. The fourth-order valence-electron chi connectivity index (χ4n) is 1.40. The van der Waals surface area contributed by atoms with E-state index in [9.17, 15) is 9.59 Å². The topological polar surface area (TPSA) is 55.4 Å². The molecule has 1 amide bonds. The summed E-state index contributed by atoms with van der Waals surface area (Å²) in [6.45, 7) is 1.37. The number of thioether (sulfide) groups is 1. The molecule has 0 saturated carbocycles. The first kappa shape index (κ1) is 13.6. The average Bonchev–Trinajstić information content (AvgIpc) is 2.35. The number of hydrogen-bond acceptors (Lipinski definition) is 4. The maximum Gasteiger partial charge on any atom is 0.333 e. The van der Waals surface area contributed by atoms with Gasteiger partial charge < -0.3 is 10.1 Å². The summed E-state index contributed by atoms with van der Waals surface area (Å²) in [6.07, 6.45) is 1.97. The van der Waals surface area contributed by atoms with Crippen LogP contribution >= 0.6 is 11.8 Å². The lowest BCUT2D eigenvalue weighted by atomic mass is 10.1. The van der Waals surface area contributed by atoms with E-state index in [0.717, 1.165) is 4.90 Å². The van der Waals surface area contributed by atoms with Crippen molar-refractivity contribution in [2.24, 2.45) is 0 Å². The van der Waals surface area contributed by atoms with Crippen molar-refractivity contribution in [3.63, 3.8) is 0 Å². The fourth-order valence-corrected chi connectivity index (χ4v) is 1.80. The first-order chi connectivity index (χ1) is 8.08. The molecule has 0 spiro atoms. The number of ether oxygens (including phenoxy) is 1. The standard InChI is InChI=1S/C12H15NO3S/c1-8(14)13-11(12(15)16-2)9-4-6-10(17-3)7-5-9/h4-7,11H,1-3H3,(H,13,14). The molecule has 1 N–H and O–H groups in total. The van der Waals surface area contributed by atoms with Crippen molar-refractivity contribution in [3.05, 3.63) is 29.8 Å². The van der Waals surface area contributed by atoms with Crippen molar-refractivity contribution < 1.29 is 14.3 Å². The molecule has 1 aromatic rings. The summed E-state index contributed by atoms with van der Waals surface area (Å²) in [5.74, 6) is -0.744. The second-order valence-corrected chi connectivity index (χ2v) is 4.31. The van der Waals surface area contributed by atoms with Crippen LogP contribution in [-0.2, 0) is 14.3 Å². The van der Waals surface area contributed by atoms with Crippen LogP contribution in [0.4, 0.5) is 0 Å². The van der Waals surface area contributed by atoms with Gasteiger partial charge in [0.15, 0.2) is 6.04 Å². The van der Waals surface area contributed by atoms with Crippen molar-refractivity contribution in [2.45, 2.75) is 17.9 Å². The predicted molar refractivity (Wildman–Crippen MR) is 66.8 cm³/mol. The lowest BCUT2D eigenvalue weighted by molar-refractivity contribution is -0.145. The minimum Gasteiger partial charge on any atom is -0.467 e. The van der Waals surface area contributed by atoms with Crippen LogP contribution in [0.25, 0.3) is 0 Å². The number of benzene rings is 1. The van der Waals surface area contributed by atoms with Crippen molar-refractivity contribution >= 4 is 23.6 Å². The number of amides is 1. The maximum atomic E-state index is 11.6. The van der Waals surface area contributed by atoms with E-state index in [1.807, 2.05) is 30.5 Å². The number of hydrogen-bond donors (Lipinski definition) is 1. The first-order valence-corrected chi connectivity index (χ1v) is 6.30. The number of carbonyl (C=O) groups is 2. The predicted octanol–water partition coefficient (Wildman–Crippen LogP) is 1.76. The third-order valence-electron chi connectivity index (χ3n) is 2.23. The van der Waals surface area contributed by atoms with Crippen LogP contribution in [0.1, 0.15) is 18.5 Å². The molecule has 0 aromatic heterocycles. The molecule has 0 radical (unpaired) electrons. The van der Waals surface area contributed by atoms with E-state index in [0.29, 0.717) is 5.56 Å². The van der Waals surface area contributed by atoms with Crippen molar-refractivity contribution in [3.8, 4) is 0 Å². The van der Waals surface area contributed by atoms with Crippen LogP contribution in [-0.4, -0.2) is 25.2 Å². The van der Waals surface area contributed by atoms with Gasteiger partial charge in [0.25, 0.3) is 0 Å². The molecule has 0 heterocycles. The number of rotatable bonds is 4. The highest BCUT2D eigenvalue weighted by molar-refractivity contribution is 7.98. The summed E-state index contributed by atoms with van der Waals surface area (Å²) >= 11 is 1.61. The van der Waals surface area contributed by atoms with Crippen molar-refractivity contribution in [2.75, 3.05) is 13.4 Å². The Morgan fingerprint density at radius 2 is 1.88 bits per heavy atom. The van der Waals surface area contributed by atoms with Gasteiger partial charge in [-0.1, -0.05) is 12.1 Å². The van der Waals surface area contributed by atoms with Crippen LogP contribution in [0.5, 0.6) is 0 Å². The van der Waals surface area contributed by atoms with Crippen molar-refractivity contribution in [1.29, 1.82) is 0 Å². The fraction of sp³-hybridized carbons (Fsp3) is 0.333. The van der Waals surface area contributed by atoms with Gasteiger partial charge in [0.2, 0.25) is 5.91 Å². The van der Waals surface area contributed by atoms with E-state index in [2.05, 4.69) is 10.1 Å². The summed E-state index contributed by atoms with van der Waals surface area (Å²) < 4.78 is 4.67. The van der Waals surface area contributed by atoms with Gasteiger partial charge in [-0.05, 0) is 24.0 Å². The van der Waals surface area contributed by atoms with Crippen LogP contribution < -0.4 is 5.32 Å². The van der Waals surface area contributed by atoms with Gasteiger partial charge >= 0.3 is 5.97 Å². The minimum atomic E-state index is -0.742. The minimum absolute atomic E-state index is 0.269. The van der Waals surface area contributed by atoms with Gasteiger partial charge in [-0.15, -0.1) is 11.8 Å². The van der Waals surface area contributed by atoms with Gasteiger partial charge in [0.05, 0.1) is 7.11 Å². The van der Waals surface area contributed by atoms with Crippen LogP contribution in [0.2, 0.25) is 0 Å². The highest BCUT2D eigenvalue weighted by Crippen LogP contribution is 2.20. The van der Waals surface area contributed by atoms with Gasteiger partial charge in [0, 0.05) is 11.8 Å². The third-order valence-corrected chi connectivity index (χ3v) is 2.98. The molecule has 0 aliphatic rings. The number of esters is 1. The summed E-state index contributed by atoms with van der Waals surface area (Å²) in [4.78, 5) is 23.7. The Bertz CT molecular complexity index is 403. The zero-order chi connectivity index (χ0) is 12.8.